The molecular weight excluding hydrogens is 579 g/mol. The van der Waals surface area contributed by atoms with E-state index in [4.69, 9.17) is 32.8 Å². The first-order valence-corrected chi connectivity index (χ1v) is 15.8. The molecule has 2 aromatic carbocycles. The zero-order valence-corrected chi connectivity index (χ0v) is 27.0. The molecule has 10 heteroatoms. The topological polar surface area (TPSA) is 75.7 Å². The number of nitrogens with zero attached hydrogens (tertiary/aromatic N) is 2. The van der Waals surface area contributed by atoms with Crippen molar-refractivity contribution < 1.29 is 14.4 Å². The number of carbonyl (C=O) groups excluding carboxylic acids is 1. The third-order valence-electron chi connectivity index (χ3n) is 7.65. The molecule has 0 amide bonds. The molecule has 2 heterocycles. The third-order valence-corrected chi connectivity index (χ3v) is 9.43. The van der Waals surface area contributed by atoms with E-state index in [0.29, 0.717) is 27.6 Å². The Balaban J connectivity index is 0.000000195. The second-order valence-electron chi connectivity index (χ2n) is 10.5. The maximum atomic E-state index is 11.6. The minimum atomic E-state index is -0.307. The molecule has 222 valence electrons. The first-order valence-electron chi connectivity index (χ1n) is 14.2. The summed E-state index contributed by atoms with van der Waals surface area (Å²) in [4.78, 5) is 24.1. The molecule has 2 N–H and O–H groups in total. The van der Waals surface area contributed by atoms with Crippen LogP contribution >= 0.6 is 34.5 Å². The second kappa shape index (κ2) is 14.2. The maximum Gasteiger partial charge on any atom is 0.337 e. The van der Waals surface area contributed by atoms with Crippen LogP contribution in [-0.2, 0) is 9.57 Å². The first kappa shape index (κ1) is 31.6. The van der Waals surface area contributed by atoms with Crippen LogP contribution in [0.3, 0.4) is 0 Å². The summed E-state index contributed by atoms with van der Waals surface area (Å²) in [7, 11) is 3.40. The third kappa shape index (κ3) is 7.35. The fourth-order valence-corrected chi connectivity index (χ4v) is 6.58. The van der Waals surface area contributed by atoms with E-state index >= 15 is 0 Å². The van der Waals surface area contributed by atoms with Crippen LogP contribution in [0.1, 0.15) is 74.0 Å². The van der Waals surface area contributed by atoms with E-state index in [9.17, 15) is 4.79 Å². The molecule has 1 aliphatic carbocycles. The first-order chi connectivity index (χ1) is 19.7. The minimum Gasteiger partial charge on any atom is -0.465 e. The molecular formula is C31H40Cl2N4O3S. The number of methoxy groups -OCH3 is 1. The van der Waals surface area contributed by atoms with Crippen LogP contribution in [0.4, 0.5) is 5.13 Å². The van der Waals surface area contributed by atoms with Gasteiger partial charge in [0.15, 0.2) is 5.13 Å². The molecule has 1 atom stereocenters. The number of hydroxylamine groups is 1. The highest BCUT2D eigenvalue weighted by Gasteiger charge is 2.39. The largest absolute Gasteiger partial charge is 0.465 e. The number of halogens is 2. The van der Waals surface area contributed by atoms with Crippen LogP contribution < -0.4 is 15.7 Å². The summed E-state index contributed by atoms with van der Waals surface area (Å²) in [6.07, 6.45) is 4.64. The van der Waals surface area contributed by atoms with Gasteiger partial charge in [0.05, 0.1) is 28.9 Å². The number of esters is 1. The van der Waals surface area contributed by atoms with Gasteiger partial charge < -0.3 is 19.8 Å². The molecule has 3 aromatic rings. The highest BCUT2D eigenvalue weighted by molar-refractivity contribution is 7.22. The van der Waals surface area contributed by atoms with Gasteiger partial charge in [-0.2, -0.15) is 0 Å². The maximum absolute atomic E-state index is 11.6. The summed E-state index contributed by atoms with van der Waals surface area (Å²) in [6.45, 7) is 10.2. The van der Waals surface area contributed by atoms with Crippen LogP contribution in [0.5, 0.6) is 0 Å². The standard InChI is InChI=1S/C18H24Cl2N2O.C13H16N2O2S/c1-3-12(4-2)21-10-13-17(22-23-18(13)11-8-9-11)16-14(19)6-5-7-15(16)20;1-5-15(3)13-14-11-8(2)6-9(12(16)17-4)7-10(11)18-13/h5-7,11-12,17,21-22H,3-4,8-10H2,1-2H3;6-7H,5H2,1-4H3. The van der Waals surface area contributed by atoms with Gasteiger partial charge in [0, 0.05) is 53.3 Å². The van der Waals surface area contributed by atoms with Gasteiger partial charge in [-0.1, -0.05) is 54.5 Å². The number of nitrogens with one attached hydrogen (secondary N) is 2. The Kier molecular flexibility index (Phi) is 10.9. The van der Waals surface area contributed by atoms with Gasteiger partial charge in [0.25, 0.3) is 0 Å². The Bertz CT molecular complexity index is 1380. The summed E-state index contributed by atoms with van der Waals surface area (Å²) in [5, 5.41) is 5.97. The summed E-state index contributed by atoms with van der Waals surface area (Å²) in [6, 6.07) is 9.75. The van der Waals surface area contributed by atoms with Crippen LogP contribution in [0.25, 0.3) is 10.2 Å². The van der Waals surface area contributed by atoms with Crippen LogP contribution in [-0.4, -0.2) is 44.2 Å². The number of aryl methyl sites for hydroxylation is 1. The van der Waals surface area contributed by atoms with E-state index in [2.05, 4.69) is 41.5 Å². The van der Waals surface area contributed by atoms with Crippen molar-refractivity contribution in [1.82, 2.24) is 15.8 Å². The number of aromatic nitrogens is 1. The molecule has 0 radical (unpaired) electrons. The Labute approximate surface area is 257 Å². The predicted octanol–water partition coefficient (Wildman–Crippen LogP) is 7.86. The number of anilines is 1. The number of hydrogen-bond acceptors (Lipinski definition) is 8. The molecule has 1 aliphatic heterocycles. The van der Waals surface area contributed by atoms with Gasteiger partial charge in [-0.25, -0.2) is 9.78 Å². The van der Waals surface area contributed by atoms with Crippen molar-refractivity contribution in [2.24, 2.45) is 5.92 Å². The van der Waals surface area contributed by atoms with Crippen molar-refractivity contribution >= 4 is 55.9 Å². The zero-order chi connectivity index (χ0) is 29.7. The fourth-order valence-electron chi connectivity index (χ4n) is 4.85. The molecule has 5 rings (SSSR count). The Morgan fingerprint density at radius 3 is 2.49 bits per heavy atom. The monoisotopic (exact) mass is 618 g/mol. The van der Waals surface area contributed by atoms with Crippen molar-refractivity contribution in [2.75, 3.05) is 32.1 Å². The van der Waals surface area contributed by atoms with E-state index < -0.39 is 0 Å². The highest BCUT2D eigenvalue weighted by Crippen LogP contribution is 2.46. The average Bonchev–Trinajstić information content (AvgIpc) is 3.58. The van der Waals surface area contributed by atoms with E-state index in [1.807, 2.05) is 44.3 Å². The quantitative estimate of drug-likeness (QED) is 0.224. The van der Waals surface area contributed by atoms with Gasteiger partial charge in [-0.05, 0) is 69.4 Å². The van der Waals surface area contributed by atoms with Crippen LogP contribution in [0, 0.1) is 12.8 Å². The molecule has 1 unspecified atom stereocenters. The Hall–Kier alpha value is -2.36. The molecule has 41 heavy (non-hydrogen) atoms. The molecule has 0 bridgehead atoms. The lowest BCUT2D eigenvalue weighted by molar-refractivity contribution is 0.0601. The van der Waals surface area contributed by atoms with Crippen molar-refractivity contribution in [2.45, 2.75) is 65.5 Å². The highest BCUT2D eigenvalue weighted by atomic mass is 35.5. The second-order valence-corrected chi connectivity index (χ2v) is 12.3. The molecule has 1 fully saturated rings. The lowest BCUT2D eigenvalue weighted by Crippen LogP contribution is -2.31. The Morgan fingerprint density at radius 1 is 1.22 bits per heavy atom. The van der Waals surface area contributed by atoms with E-state index in [0.717, 1.165) is 58.2 Å². The van der Waals surface area contributed by atoms with Crippen LogP contribution in [0.15, 0.2) is 41.7 Å². The predicted molar refractivity (Wildman–Crippen MR) is 170 cm³/mol. The number of thiazole rings is 1. The van der Waals surface area contributed by atoms with Crippen molar-refractivity contribution in [3.05, 3.63) is 68.4 Å². The van der Waals surface area contributed by atoms with Crippen molar-refractivity contribution in [1.29, 1.82) is 0 Å². The fraction of sp³-hybridized carbons (Fsp3) is 0.484. The number of allylic oxidation sites excluding steroid dienone is 1. The van der Waals surface area contributed by atoms with Gasteiger partial charge in [-0.3, -0.25) is 0 Å². The minimum absolute atomic E-state index is 0.0753. The summed E-state index contributed by atoms with van der Waals surface area (Å²) < 4.78 is 5.77. The normalized spacial score (nSPS) is 16.6. The lowest BCUT2D eigenvalue weighted by atomic mass is 9.97. The van der Waals surface area contributed by atoms with Crippen molar-refractivity contribution in [3.63, 3.8) is 0 Å². The number of fused-ring (bicyclic) bond motifs is 1. The van der Waals surface area contributed by atoms with Gasteiger partial charge >= 0.3 is 5.97 Å². The molecule has 0 saturated heterocycles. The lowest BCUT2D eigenvalue weighted by Gasteiger charge is -2.20. The number of ether oxygens (including phenoxy) is 1. The number of rotatable bonds is 10. The number of carbonyl (C=O) groups is 1. The van der Waals surface area contributed by atoms with Gasteiger partial charge in [-0.15, -0.1) is 5.48 Å². The number of hydrogen-bond donors (Lipinski definition) is 2. The summed E-state index contributed by atoms with van der Waals surface area (Å²) in [5.41, 5.74) is 7.85. The summed E-state index contributed by atoms with van der Waals surface area (Å²) >= 11 is 14.4. The van der Waals surface area contributed by atoms with Crippen molar-refractivity contribution in [3.8, 4) is 0 Å². The zero-order valence-electron chi connectivity index (χ0n) is 24.6. The SMILES string of the molecule is CCC(CC)NCC1=C(C2CC2)ONC1c1c(Cl)cccc1Cl.CCN(C)c1nc2c(C)cc(C(=O)OC)cc2s1. The Morgan fingerprint density at radius 2 is 1.90 bits per heavy atom. The van der Waals surface area contributed by atoms with Crippen LogP contribution in [0.2, 0.25) is 10.0 Å². The molecule has 2 aliphatic rings. The van der Waals surface area contributed by atoms with Gasteiger partial charge in [0.1, 0.15) is 5.76 Å². The smallest absolute Gasteiger partial charge is 0.337 e. The van der Waals surface area contributed by atoms with Gasteiger partial charge in [0.2, 0.25) is 0 Å². The molecule has 1 aromatic heterocycles. The number of benzene rings is 2. The molecule has 7 nitrogen and oxygen atoms in total. The van der Waals surface area contributed by atoms with E-state index in [1.54, 1.807) is 11.3 Å². The average molecular weight is 620 g/mol. The van der Waals surface area contributed by atoms with E-state index in [1.165, 1.54) is 25.5 Å². The molecule has 1 saturated carbocycles. The van der Waals surface area contributed by atoms with E-state index in [-0.39, 0.29) is 12.0 Å². The summed E-state index contributed by atoms with van der Waals surface area (Å²) in [5.74, 6) is 1.33. The molecule has 0 spiro atoms.